The van der Waals surface area contributed by atoms with E-state index in [1.165, 1.54) is 31.2 Å². The Labute approximate surface area is 268 Å². The lowest BCUT2D eigenvalue weighted by Gasteiger charge is -2.27. The molecule has 15 heteroatoms. The Morgan fingerprint density at radius 1 is 0.804 bits per heavy atom. The Bertz CT molecular complexity index is 1210. The molecule has 0 bridgehead atoms. The molecule has 5 amide bonds. The fourth-order valence-electron chi connectivity index (χ4n) is 4.47. The van der Waals surface area contributed by atoms with Crippen molar-refractivity contribution in [2.75, 3.05) is 6.61 Å². The summed E-state index contributed by atoms with van der Waals surface area (Å²) in [6.07, 6.45) is 0.391. The highest BCUT2D eigenvalue weighted by molar-refractivity contribution is 5.96. The van der Waals surface area contributed by atoms with Gasteiger partial charge in [0.1, 0.15) is 36.2 Å². The lowest BCUT2D eigenvalue weighted by molar-refractivity contribution is -0.138. The highest BCUT2D eigenvalue weighted by atomic mass is 16.4. The number of hydrogen-bond donors (Lipinski definition) is 8. The van der Waals surface area contributed by atoms with Crippen molar-refractivity contribution in [2.45, 2.75) is 96.9 Å². The number of carboxylic acid groups (broad SMARTS) is 1. The number of aliphatic hydroxyl groups excluding tert-OH is 1. The summed E-state index contributed by atoms with van der Waals surface area (Å²) in [5.74, 6) is -5.39. The average Bonchev–Trinajstić information content (AvgIpc) is 2.99. The van der Waals surface area contributed by atoms with Gasteiger partial charge < -0.3 is 46.7 Å². The number of carbonyl (C=O) groups is 7. The van der Waals surface area contributed by atoms with E-state index in [2.05, 4.69) is 26.6 Å². The highest BCUT2D eigenvalue weighted by Crippen LogP contribution is 2.13. The van der Waals surface area contributed by atoms with E-state index >= 15 is 0 Å². The Balaban J connectivity index is 3.29. The molecule has 0 spiro atoms. The smallest absolute Gasteiger partial charge is 0.303 e. The van der Waals surface area contributed by atoms with Crippen LogP contribution in [0.15, 0.2) is 24.3 Å². The fourth-order valence-corrected chi connectivity index (χ4v) is 4.47. The number of carbonyl (C=O) groups excluding carboxylic acids is 6. The van der Waals surface area contributed by atoms with Gasteiger partial charge in [-0.3, -0.25) is 28.8 Å². The maximum Gasteiger partial charge on any atom is 0.303 e. The van der Waals surface area contributed by atoms with Gasteiger partial charge in [0.25, 0.3) is 0 Å². The lowest BCUT2D eigenvalue weighted by Crippen LogP contribution is -2.60. The molecular formula is C31H47N5O10. The van der Waals surface area contributed by atoms with E-state index in [1.54, 1.807) is 6.92 Å². The second-order valence-electron chi connectivity index (χ2n) is 11.6. The zero-order chi connectivity index (χ0) is 35.0. The molecule has 1 aromatic carbocycles. The number of nitrogens with one attached hydrogen (secondary N) is 5. The molecule has 0 unspecified atom stereocenters. The molecule has 0 saturated carbocycles. The summed E-state index contributed by atoms with van der Waals surface area (Å²) in [5.41, 5.74) is 0.481. The van der Waals surface area contributed by atoms with E-state index in [-0.39, 0.29) is 30.4 Å². The minimum atomic E-state index is -1.53. The number of aliphatic hydroxyl groups is 1. The molecule has 1 rings (SSSR count). The molecule has 256 valence electrons. The van der Waals surface area contributed by atoms with Crippen molar-refractivity contribution in [3.63, 3.8) is 0 Å². The largest absolute Gasteiger partial charge is 0.508 e. The SMILES string of the molecule is CC[C@H](C)[C@H](NC(C)=O)C(=O)N[C@@H](CO)C(=O)N[C@@H](Cc1ccc(O)cc1)C(=O)N[C@@H](CCC(=O)O)C(=O)N[C@H](C=O)CC(C)C. The van der Waals surface area contributed by atoms with Gasteiger partial charge in [-0.25, -0.2) is 0 Å². The first-order valence-electron chi connectivity index (χ1n) is 15.2. The molecule has 0 aliphatic rings. The van der Waals surface area contributed by atoms with Crippen LogP contribution in [0.3, 0.4) is 0 Å². The summed E-state index contributed by atoms with van der Waals surface area (Å²) in [6, 6.07) is -0.498. The minimum absolute atomic E-state index is 0.0473. The number of aromatic hydroxyl groups is 1. The van der Waals surface area contributed by atoms with Crippen molar-refractivity contribution in [2.24, 2.45) is 11.8 Å². The van der Waals surface area contributed by atoms with Gasteiger partial charge in [-0.2, -0.15) is 0 Å². The van der Waals surface area contributed by atoms with Crippen molar-refractivity contribution in [3.8, 4) is 5.75 Å². The van der Waals surface area contributed by atoms with Gasteiger partial charge in [0.2, 0.25) is 29.5 Å². The zero-order valence-corrected chi connectivity index (χ0v) is 26.9. The number of aliphatic carboxylic acids is 1. The summed E-state index contributed by atoms with van der Waals surface area (Å²) in [4.78, 5) is 87.4. The highest BCUT2D eigenvalue weighted by Gasteiger charge is 2.33. The van der Waals surface area contributed by atoms with Gasteiger partial charge in [-0.1, -0.05) is 46.2 Å². The van der Waals surface area contributed by atoms with Gasteiger partial charge in [-0.05, 0) is 42.4 Å². The van der Waals surface area contributed by atoms with Crippen LogP contribution in [0.1, 0.15) is 65.9 Å². The number of aldehydes is 1. The number of hydrogen-bond acceptors (Lipinski definition) is 9. The number of rotatable bonds is 20. The van der Waals surface area contributed by atoms with Crippen LogP contribution in [0, 0.1) is 11.8 Å². The van der Waals surface area contributed by atoms with Gasteiger partial charge in [0, 0.05) is 19.8 Å². The van der Waals surface area contributed by atoms with Gasteiger partial charge in [-0.15, -0.1) is 0 Å². The summed E-state index contributed by atoms with van der Waals surface area (Å²) in [5, 5.41) is 41.2. The molecule has 46 heavy (non-hydrogen) atoms. The first kappa shape index (κ1) is 39.5. The number of benzene rings is 1. The number of carboxylic acids is 1. The Hall–Kier alpha value is -4.53. The lowest BCUT2D eigenvalue weighted by atomic mass is 9.98. The molecule has 1 aromatic rings. The van der Waals surface area contributed by atoms with E-state index in [0.29, 0.717) is 24.7 Å². The summed E-state index contributed by atoms with van der Waals surface area (Å²) < 4.78 is 0. The fraction of sp³-hybridized carbons (Fsp3) is 0.581. The van der Waals surface area contributed by atoms with Gasteiger partial charge >= 0.3 is 5.97 Å². The predicted octanol–water partition coefficient (Wildman–Crippen LogP) is -0.473. The first-order valence-corrected chi connectivity index (χ1v) is 15.2. The Morgan fingerprint density at radius 2 is 1.35 bits per heavy atom. The quantitative estimate of drug-likeness (QED) is 0.0845. The van der Waals surface area contributed by atoms with Crippen LogP contribution in [0.2, 0.25) is 0 Å². The Kier molecular flexibility index (Phi) is 17.0. The maximum absolute atomic E-state index is 13.6. The van der Waals surface area contributed by atoms with Crippen molar-refractivity contribution in [3.05, 3.63) is 29.8 Å². The third kappa shape index (κ3) is 14.1. The molecule has 6 atom stereocenters. The van der Waals surface area contributed by atoms with Crippen LogP contribution < -0.4 is 26.6 Å². The molecule has 15 nitrogen and oxygen atoms in total. The topological polar surface area (TPSA) is 240 Å². The van der Waals surface area contributed by atoms with E-state index < -0.39 is 78.7 Å². The average molecular weight is 650 g/mol. The minimum Gasteiger partial charge on any atom is -0.508 e. The van der Waals surface area contributed by atoms with Crippen molar-refractivity contribution in [1.82, 2.24) is 26.6 Å². The second-order valence-corrected chi connectivity index (χ2v) is 11.6. The van der Waals surface area contributed by atoms with Crippen LogP contribution in [-0.4, -0.2) is 93.9 Å². The van der Waals surface area contributed by atoms with Crippen LogP contribution >= 0.6 is 0 Å². The van der Waals surface area contributed by atoms with E-state index in [9.17, 15) is 48.9 Å². The summed E-state index contributed by atoms with van der Waals surface area (Å²) in [6.45, 7) is 7.60. The summed E-state index contributed by atoms with van der Waals surface area (Å²) >= 11 is 0. The second kappa shape index (κ2) is 19.8. The molecule has 0 aromatic heterocycles. The van der Waals surface area contributed by atoms with Crippen molar-refractivity contribution in [1.29, 1.82) is 0 Å². The van der Waals surface area contributed by atoms with E-state index in [4.69, 9.17) is 0 Å². The third-order valence-corrected chi connectivity index (χ3v) is 7.18. The molecule has 0 radical (unpaired) electrons. The van der Waals surface area contributed by atoms with E-state index in [0.717, 1.165) is 0 Å². The molecule has 0 aliphatic carbocycles. The van der Waals surface area contributed by atoms with Crippen LogP contribution in [-0.2, 0) is 40.0 Å². The number of amides is 5. The monoisotopic (exact) mass is 649 g/mol. The summed E-state index contributed by atoms with van der Waals surface area (Å²) in [7, 11) is 0. The molecular weight excluding hydrogens is 602 g/mol. The van der Waals surface area contributed by atoms with Gasteiger partial charge in [0.15, 0.2) is 0 Å². The van der Waals surface area contributed by atoms with Crippen LogP contribution in [0.25, 0.3) is 0 Å². The molecule has 0 saturated heterocycles. The predicted molar refractivity (Wildman–Crippen MR) is 166 cm³/mol. The number of phenolic OH excluding ortho intramolecular Hbond substituents is 1. The standard InChI is InChI=1S/C31H47N5O10/c1-6-18(4)27(32-19(5)39)31(46)36-25(16-38)30(45)35-24(14-20-7-9-22(40)10-8-20)29(44)34-23(11-12-26(41)42)28(43)33-21(15-37)13-17(2)3/h7-10,15,17-18,21,23-25,27,38,40H,6,11-14,16H2,1-5H3,(H,32,39)(H,33,43)(H,34,44)(H,35,45)(H,36,46)(H,41,42)/t18-,21-,23-,24-,25-,27-/m0/s1. The van der Waals surface area contributed by atoms with Crippen LogP contribution in [0.5, 0.6) is 5.75 Å². The zero-order valence-electron chi connectivity index (χ0n) is 26.9. The third-order valence-electron chi connectivity index (χ3n) is 7.18. The molecule has 0 aliphatic heterocycles. The number of phenols is 1. The molecule has 0 heterocycles. The Morgan fingerprint density at radius 3 is 1.85 bits per heavy atom. The van der Waals surface area contributed by atoms with Crippen molar-refractivity contribution >= 4 is 41.8 Å². The van der Waals surface area contributed by atoms with Crippen molar-refractivity contribution < 1.29 is 48.9 Å². The van der Waals surface area contributed by atoms with Gasteiger partial charge in [0.05, 0.1) is 12.6 Å². The normalized spacial score (nSPS) is 14.8. The molecule has 8 N–H and O–H groups in total. The van der Waals surface area contributed by atoms with E-state index in [1.807, 2.05) is 20.8 Å². The first-order chi connectivity index (χ1) is 21.6. The molecule has 0 fully saturated rings. The maximum atomic E-state index is 13.6. The van der Waals surface area contributed by atoms with Crippen LogP contribution in [0.4, 0.5) is 0 Å².